The number of aliphatic hydroxyl groups is 1. The Morgan fingerprint density at radius 1 is 1.21 bits per heavy atom. The number of Topliss-reactive ketones (excluding diaryl/α,β-unsaturated/α-hetero) is 1. The highest BCUT2D eigenvalue weighted by molar-refractivity contribution is 7.85. The quantitative estimate of drug-likeness (QED) is 0.701. The standard InChI is InChI=1S/C23H37NO3S/c1-15-13-17-18-5-6-20(25)21(18,2)9-8-19(17)22(3)10-7-16(14-23(15,22)26)28(27)12-4-11-24/h16-19,26H,1,4-14,24H2,2-3H3/t16-,17-,18-,19-,21-,22+,23-,28?/m0/s1. The Balaban J connectivity index is 1.61. The number of nitrogens with two attached hydrogens (primary N) is 1. The van der Waals surface area contributed by atoms with E-state index < -0.39 is 16.4 Å². The Labute approximate surface area is 172 Å². The van der Waals surface area contributed by atoms with E-state index in [1.165, 1.54) is 0 Å². The molecule has 4 nitrogen and oxygen atoms in total. The molecule has 0 aromatic rings. The molecule has 4 aliphatic carbocycles. The highest BCUT2D eigenvalue weighted by Gasteiger charge is 2.66. The van der Waals surface area contributed by atoms with Gasteiger partial charge >= 0.3 is 0 Å². The predicted octanol–water partition coefficient (Wildman–Crippen LogP) is 3.35. The Hall–Kier alpha value is -0.520. The van der Waals surface area contributed by atoms with Crippen LogP contribution in [-0.4, -0.2) is 38.2 Å². The molecule has 4 aliphatic rings. The zero-order valence-corrected chi connectivity index (χ0v) is 18.4. The number of rotatable bonds is 4. The maximum absolute atomic E-state index is 12.8. The molecular weight excluding hydrogens is 370 g/mol. The first-order chi connectivity index (χ1) is 13.2. The molecule has 4 rings (SSSR count). The summed E-state index contributed by atoms with van der Waals surface area (Å²) in [5.74, 6) is 2.42. The molecule has 0 spiro atoms. The van der Waals surface area contributed by atoms with Crippen LogP contribution >= 0.6 is 0 Å². The minimum Gasteiger partial charge on any atom is -0.385 e. The summed E-state index contributed by atoms with van der Waals surface area (Å²) >= 11 is 0. The number of carbonyl (C=O) groups is 1. The Morgan fingerprint density at radius 3 is 2.68 bits per heavy atom. The zero-order valence-electron chi connectivity index (χ0n) is 17.5. The van der Waals surface area contributed by atoms with Crippen LogP contribution < -0.4 is 5.73 Å². The summed E-state index contributed by atoms with van der Waals surface area (Å²) in [5.41, 5.74) is 5.23. The normalized spacial score (nSPS) is 49.3. The maximum atomic E-state index is 12.8. The van der Waals surface area contributed by atoms with Gasteiger partial charge in [-0.05, 0) is 81.2 Å². The van der Waals surface area contributed by atoms with Gasteiger partial charge in [0, 0.05) is 39.1 Å². The van der Waals surface area contributed by atoms with Crippen molar-refractivity contribution in [3.05, 3.63) is 12.2 Å². The zero-order chi connectivity index (χ0) is 20.3. The summed E-state index contributed by atoms with van der Waals surface area (Å²) in [4.78, 5) is 12.6. The van der Waals surface area contributed by atoms with E-state index in [4.69, 9.17) is 5.73 Å². The summed E-state index contributed by atoms with van der Waals surface area (Å²) in [7, 11) is -0.932. The number of carbonyl (C=O) groups excluding carboxylic acids is 1. The van der Waals surface area contributed by atoms with Crippen molar-refractivity contribution in [3.8, 4) is 0 Å². The Kier molecular flexibility index (Phi) is 5.20. The van der Waals surface area contributed by atoms with Crippen LogP contribution in [0.5, 0.6) is 0 Å². The number of ketones is 1. The van der Waals surface area contributed by atoms with Crippen LogP contribution in [0.4, 0.5) is 0 Å². The Morgan fingerprint density at radius 2 is 1.96 bits per heavy atom. The van der Waals surface area contributed by atoms with E-state index in [1.807, 2.05) is 0 Å². The van der Waals surface area contributed by atoms with E-state index in [2.05, 4.69) is 20.4 Å². The minimum absolute atomic E-state index is 0.0415. The third kappa shape index (κ3) is 2.75. The number of hydrogen-bond donors (Lipinski definition) is 2. The second-order valence-corrected chi connectivity index (χ2v) is 12.3. The average molecular weight is 408 g/mol. The largest absolute Gasteiger partial charge is 0.385 e. The molecule has 3 N–H and O–H groups in total. The summed E-state index contributed by atoms with van der Waals surface area (Å²) in [5, 5.41) is 12.0. The van der Waals surface area contributed by atoms with E-state index in [1.54, 1.807) is 0 Å². The molecule has 0 radical (unpaired) electrons. The molecule has 0 saturated heterocycles. The van der Waals surface area contributed by atoms with Crippen molar-refractivity contribution in [1.29, 1.82) is 0 Å². The molecule has 8 atom stereocenters. The van der Waals surface area contributed by atoms with Crippen molar-refractivity contribution < 1.29 is 14.1 Å². The van der Waals surface area contributed by atoms with Gasteiger partial charge in [0.1, 0.15) is 5.78 Å². The van der Waals surface area contributed by atoms with Crippen molar-refractivity contribution in [2.75, 3.05) is 12.3 Å². The third-order valence-electron chi connectivity index (χ3n) is 9.41. The molecule has 0 aromatic carbocycles. The first-order valence-electron chi connectivity index (χ1n) is 11.2. The van der Waals surface area contributed by atoms with E-state index in [0.717, 1.165) is 56.9 Å². The lowest BCUT2D eigenvalue weighted by Gasteiger charge is -2.64. The number of hydrogen-bond acceptors (Lipinski definition) is 4. The average Bonchev–Trinajstić information content (AvgIpc) is 2.96. The topological polar surface area (TPSA) is 80.4 Å². The van der Waals surface area contributed by atoms with Crippen LogP contribution in [0.15, 0.2) is 12.2 Å². The lowest BCUT2D eigenvalue weighted by atomic mass is 9.43. The molecule has 0 amide bonds. The number of fused-ring (bicyclic) bond motifs is 5. The second-order valence-electron chi connectivity index (χ2n) is 10.5. The smallest absolute Gasteiger partial charge is 0.139 e. The van der Waals surface area contributed by atoms with Crippen molar-refractivity contribution in [3.63, 3.8) is 0 Å². The molecule has 4 saturated carbocycles. The van der Waals surface area contributed by atoms with Crippen LogP contribution in [0.3, 0.4) is 0 Å². The van der Waals surface area contributed by atoms with Gasteiger partial charge in [0.15, 0.2) is 0 Å². The van der Waals surface area contributed by atoms with Gasteiger partial charge in [-0.2, -0.15) is 0 Å². The molecule has 28 heavy (non-hydrogen) atoms. The molecule has 158 valence electrons. The Bertz CT molecular complexity index is 708. The van der Waals surface area contributed by atoms with Gasteiger partial charge in [-0.25, -0.2) is 0 Å². The van der Waals surface area contributed by atoms with Gasteiger partial charge in [0.05, 0.1) is 5.60 Å². The van der Waals surface area contributed by atoms with E-state index >= 15 is 0 Å². The molecule has 0 aromatic heterocycles. The highest BCUT2D eigenvalue weighted by atomic mass is 32.2. The van der Waals surface area contributed by atoms with Crippen molar-refractivity contribution >= 4 is 16.6 Å². The first kappa shape index (κ1) is 20.7. The second kappa shape index (κ2) is 7.02. The first-order valence-corrected chi connectivity index (χ1v) is 12.6. The van der Waals surface area contributed by atoms with E-state index in [9.17, 15) is 14.1 Å². The minimum atomic E-state index is -0.932. The van der Waals surface area contributed by atoms with Crippen molar-refractivity contribution in [2.24, 2.45) is 34.3 Å². The molecule has 0 bridgehead atoms. The van der Waals surface area contributed by atoms with Crippen LogP contribution in [-0.2, 0) is 15.6 Å². The van der Waals surface area contributed by atoms with Crippen molar-refractivity contribution in [2.45, 2.75) is 82.5 Å². The highest BCUT2D eigenvalue weighted by Crippen LogP contribution is 2.67. The van der Waals surface area contributed by atoms with Crippen LogP contribution in [0.25, 0.3) is 0 Å². The SMILES string of the molecule is C=C1C[C@H]2[C@@H]3CCC(=O)[C@@]3(C)CC[C@@H]2[C@@]2(C)CC[C@H](S(=O)CCCN)C[C@]12O. The maximum Gasteiger partial charge on any atom is 0.139 e. The van der Waals surface area contributed by atoms with Gasteiger partial charge in [-0.3, -0.25) is 9.00 Å². The fraction of sp³-hybridized carbons (Fsp3) is 0.870. The predicted molar refractivity (Wildman–Crippen MR) is 113 cm³/mol. The molecule has 0 aliphatic heterocycles. The van der Waals surface area contributed by atoms with Gasteiger partial charge in [-0.1, -0.05) is 20.4 Å². The van der Waals surface area contributed by atoms with Gasteiger partial charge in [-0.15, -0.1) is 0 Å². The molecule has 1 unspecified atom stereocenters. The lowest BCUT2D eigenvalue weighted by molar-refractivity contribution is -0.172. The summed E-state index contributed by atoms with van der Waals surface area (Å²) < 4.78 is 12.8. The van der Waals surface area contributed by atoms with Crippen LogP contribution in [0.1, 0.15) is 71.6 Å². The monoisotopic (exact) mass is 407 g/mol. The molecular formula is C23H37NO3S. The molecule has 5 heteroatoms. The lowest BCUT2D eigenvalue weighted by Crippen LogP contribution is -2.64. The fourth-order valence-corrected chi connectivity index (χ4v) is 9.17. The fourth-order valence-electron chi connectivity index (χ4n) is 7.58. The third-order valence-corrected chi connectivity index (χ3v) is 11.2. The summed E-state index contributed by atoms with van der Waals surface area (Å²) in [6, 6.07) is 0. The summed E-state index contributed by atoms with van der Waals surface area (Å²) in [6.07, 6.45) is 7.70. The van der Waals surface area contributed by atoms with Gasteiger partial charge in [0.2, 0.25) is 0 Å². The van der Waals surface area contributed by atoms with Gasteiger partial charge < -0.3 is 10.8 Å². The van der Waals surface area contributed by atoms with Crippen molar-refractivity contribution in [1.82, 2.24) is 0 Å². The van der Waals surface area contributed by atoms with Crippen LogP contribution in [0, 0.1) is 28.6 Å². The molecule has 0 heterocycles. The van der Waals surface area contributed by atoms with E-state index in [0.29, 0.717) is 42.3 Å². The van der Waals surface area contributed by atoms with E-state index in [-0.39, 0.29) is 16.1 Å². The molecule has 4 fully saturated rings. The van der Waals surface area contributed by atoms with Crippen LogP contribution in [0.2, 0.25) is 0 Å². The van der Waals surface area contributed by atoms with Gasteiger partial charge in [0.25, 0.3) is 0 Å². The summed E-state index contributed by atoms with van der Waals surface area (Å²) in [6.45, 7) is 9.37.